The molecule has 0 aliphatic carbocycles. The van der Waals surface area contributed by atoms with Gasteiger partial charge in [0.1, 0.15) is 17.0 Å². The first-order valence-corrected chi connectivity index (χ1v) is 8.42. The standard InChI is InChI=1S/C15H10ClF3N2O3S/c16-10-9-7(15(17,18)19)2-1-3-8(9)25-11(10)12(22)21-4-14(5-21)6-24-13(23)20-14/h1-3H,4-6H2,(H,20,23). The lowest BCUT2D eigenvalue weighted by Crippen LogP contribution is -2.69. The van der Waals surface area contributed by atoms with Crippen LogP contribution < -0.4 is 5.32 Å². The van der Waals surface area contributed by atoms with Gasteiger partial charge < -0.3 is 15.0 Å². The van der Waals surface area contributed by atoms with Gasteiger partial charge >= 0.3 is 12.3 Å². The fraction of sp³-hybridized carbons (Fsp3) is 0.333. The van der Waals surface area contributed by atoms with Crippen LogP contribution in [0.4, 0.5) is 18.0 Å². The van der Waals surface area contributed by atoms with Crippen LogP contribution in [0.3, 0.4) is 0 Å². The number of cyclic esters (lactones) is 1. The number of amides is 2. The quantitative estimate of drug-likeness (QED) is 0.810. The van der Waals surface area contributed by atoms with E-state index >= 15 is 0 Å². The lowest BCUT2D eigenvalue weighted by Gasteiger charge is -2.45. The van der Waals surface area contributed by atoms with Gasteiger partial charge in [-0.05, 0) is 12.1 Å². The number of benzene rings is 1. The van der Waals surface area contributed by atoms with Crippen LogP contribution in [-0.4, -0.2) is 42.1 Å². The van der Waals surface area contributed by atoms with Gasteiger partial charge in [-0.25, -0.2) is 4.79 Å². The molecule has 2 fully saturated rings. The van der Waals surface area contributed by atoms with E-state index in [4.69, 9.17) is 16.3 Å². The highest BCUT2D eigenvalue weighted by Crippen LogP contribution is 2.44. The third kappa shape index (κ3) is 2.53. The van der Waals surface area contributed by atoms with E-state index in [0.717, 1.165) is 17.4 Å². The van der Waals surface area contributed by atoms with Crippen LogP contribution in [0.5, 0.6) is 0 Å². The van der Waals surface area contributed by atoms with Gasteiger partial charge in [0, 0.05) is 23.2 Å². The molecule has 2 saturated heterocycles. The van der Waals surface area contributed by atoms with E-state index in [1.807, 2.05) is 0 Å². The number of fused-ring (bicyclic) bond motifs is 1. The molecule has 1 aromatic carbocycles. The lowest BCUT2D eigenvalue weighted by molar-refractivity contribution is -0.136. The summed E-state index contributed by atoms with van der Waals surface area (Å²) in [5, 5.41) is 2.30. The zero-order valence-corrected chi connectivity index (χ0v) is 14.0. The number of nitrogens with zero attached hydrogens (tertiary/aromatic N) is 1. The molecule has 25 heavy (non-hydrogen) atoms. The number of thiophene rings is 1. The normalized spacial score (nSPS) is 19.0. The van der Waals surface area contributed by atoms with Crippen molar-refractivity contribution in [2.75, 3.05) is 19.7 Å². The molecule has 0 radical (unpaired) electrons. The van der Waals surface area contributed by atoms with Crippen LogP contribution in [0.1, 0.15) is 15.2 Å². The number of likely N-dealkylation sites (tertiary alicyclic amines) is 1. The zero-order valence-electron chi connectivity index (χ0n) is 12.4. The second-order valence-corrected chi connectivity index (χ2v) is 7.49. The molecule has 0 atom stereocenters. The minimum Gasteiger partial charge on any atom is -0.447 e. The second kappa shape index (κ2) is 5.25. The molecule has 4 rings (SSSR count). The molecule has 2 aliphatic rings. The van der Waals surface area contributed by atoms with Crippen molar-refractivity contribution in [3.05, 3.63) is 33.7 Å². The predicted octanol–water partition coefficient (Wildman–Crippen LogP) is 3.51. The largest absolute Gasteiger partial charge is 0.447 e. The van der Waals surface area contributed by atoms with Crippen molar-refractivity contribution in [3.63, 3.8) is 0 Å². The van der Waals surface area contributed by atoms with Gasteiger partial charge in [-0.3, -0.25) is 4.79 Å². The first kappa shape index (κ1) is 16.5. The highest BCUT2D eigenvalue weighted by Gasteiger charge is 2.51. The maximum absolute atomic E-state index is 13.2. The number of hydrogen-bond donors (Lipinski definition) is 1. The lowest BCUT2D eigenvalue weighted by atomic mass is 9.91. The summed E-state index contributed by atoms with van der Waals surface area (Å²) in [6, 6.07) is 3.73. The van der Waals surface area contributed by atoms with Gasteiger partial charge in [-0.1, -0.05) is 17.7 Å². The molecule has 0 unspecified atom stereocenters. The summed E-state index contributed by atoms with van der Waals surface area (Å²) in [5.41, 5.74) is -1.46. The van der Waals surface area contributed by atoms with Crippen LogP contribution in [0.25, 0.3) is 10.1 Å². The van der Waals surface area contributed by atoms with E-state index in [2.05, 4.69) is 5.32 Å². The van der Waals surface area contributed by atoms with Gasteiger partial charge in [0.25, 0.3) is 5.91 Å². The third-order valence-corrected chi connectivity index (χ3v) is 5.91. The Bertz CT molecular complexity index is 905. The van der Waals surface area contributed by atoms with E-state index in [1.165, 1.54) is 17.0 Å². The average molecular weight is 391 g/mol. The Hall–Kier alpha value is -2.00. The fourth-order valence-corrected chi connectivity index (χ4v) is 4.66. The Balaban J connectivity index is 1.65. The number of hydrogen-bond acceptors (Lipinski definition) is 4. The number of halogens is 4. The predicted molar refractivity (Wildman–Crippen MR) is 85.0 cm³/mol. The van der Waals surface area contributed by atoms with E-state index in [9.17, 15) is 22.8 Å². The Morgan fingerprint density at radius 1 is 1.36 bits per heavy atom. The Morgan fingerprint density at radius 3 is 2.68 bits per heavy atom. The smallest absolute Gasteiger partial charge is 0.417 e. The number of alkyl halides is 3. The minimum atomic E-state index is -4.56. The molecule has 10 heteroatoms. The highest BCUT2D eigenvalue weighted by atomic mass is 35.5. The number of ether oxygens (including phenoxy) is 1. The topological polar surface area (TPSA) is 58.6 Å². The van der Waals surface area contributed by atoms with Gasteiger partial charge in [-0.2, -0.15) is 13.2 Å². The van der Waals surface area contributed by atoms with Crippen molar-refractivity contribution in [1.82, 2.24) is 10.2 Å². The molecular formula is C15H10ClF3N2O3S. The van der Waals surface area contributed by atoms with Crippen molar-refractivity contribution < 1.29 is 27.5 Å². The summed E-state index contributed by atoms with van der Waals surface area (Å²) in [6.45, 7) is 0.622. The number of carbonyl (C=O) groups excluding carboxylic acids is 2. The van der Waals surface area contributed by atoms with Crippen molar-refractivity contribution in [2.45, 2.75) is 11.7 Å². The molecule has 1 N–H and O–H groups in total. The minimum absolute atomic E-state index is 0.0634. The summed E-state index contributed by atoms with van der Waals surface area (Å²) in [4.78, 5) is 25.2. The molecule has 2 aliphatic heterocycles. The monoisotopic (exact) mass is 390 g/mol. The van der Waals surface area contributed by atoms with Crippen molar-refractivity contribution in [1.29, 1.82) is 0 Å². The van der Waals surface area contributed by atoms with E-state index in [1.54, 1.807) is 0 Å². The number of rotatable bonds is 1. The molecule has 132 valence electrons. The summed E-state index contributed by atoms with van der Waals surface area (Å²) < 4.78 is 44.7. The maximum Gasteiger partial charge on any atom is 0.417 e. The fourth-order valence-electron chi connectivity index (χ4n) is 3.12. The summed E-state index contributed by atoms with van der Waals surface area (Å²) >= 11 is 7.06. The molecule has 0 bridgehead atoms. The Labute approximate surface area is 148 Å². The number of alkyl carbamates (subject to hydrolysis) is 1. The molecule has 2 aromatic rings. The molecule has 1 aromatic heterocycles. The van der Waals surface area contributed by atoms with E-state index < -0.39 is 29.3 Å². The van der Waals surface area contributed by atoms with Gasteiger partial charge in [0.15, 0.2) is 0 Å². The maximum atomic E-state index is 13.2. The first-order valence-electron chi connectivity index (χ1n) is 7.23. The van der Waals surface area contributed by atoms with Gasteiger partial charge in [0.2, 0.25) is 0 Å². The van der Waals surface area contributed by atoms with Crippen LogP contribution in [0, 0.1) is 0 Å². The van der Waals surface area contributed by atoms with Crippen LogP contribution in [0.15, 0.2) is 18.2 Å². The van der Waals surface area contributed by atoms with Crippen molar-refractivity contribution >= 4 is 45.0 Å². The molecule has 5 nitrogen and oxygen atoms in total. The van der Waals surface area contributed by atoms with Crippen LogP contribution in [0.2, 0.25) is 5.02 Å². The van der Waals surface area contributed by atoms with Crippen molar-refractivity contribution in [2.24, 2.45) is 0 Å². The van der Waals surface area contributed by atoms with Crippen LogP contribution in [-0.2, 0) is 10.9 Å². The third-order valence-electron chi connectivity index (χ3n) is 4.28. The summed E-state index contributed by atoms with van der Waals surface area (Å²) in [6.07, 6.45) is -5.10. The molecule has 2 amide bonds. The Kier molecular flexibility index (Phi) is 3.46. The van der Waals surface area contributed by atoms with Crippen molar-refractivity contribution in [3.8, 4) is 0 Å². The zero-order chi connectivity index (χ0) is 18.0. The number of nitrogens with one attached hydrogen (secondary N) is 1. The molecule has 3 heterocycles. The Morgan fingerprint density at radius 2 is 2.08 bits per heavy atom. The van der Waals surface area contributed by atoms with E-state index in [0.29, 0.717) is 4.70 Å². The summed E-state index contributed by atoms with van der Waals surface area (Å²) in [5.74, 6) is -0.453. The highest BCUT2D eigenvalue weighted by molar-refractivity contribution is 7.21. The van der Waals surface area contributed by atoms with E-state index in [-0.39, 0.29) is 35.0 Å². The summed E-state index contributed by atoms with van der Waals surface area (Å²) in [7, 11) is 0. The average Bonchev–Trinajstić information content (AvgIpc) is 3.05. The molecule has 0 saturated carbocycles. The van der Waals surface area contributed by atoms with Gasteiger partial charge in [-0.15, -0.1) is 11.3 Å². The second-order valence-electron chi connectivity index (χ2n) is 6.06. The molecular weight excluding hydrogens is 381 g/mol. The SMILES string of the molecule is O=C1NC2(CO1)CN(C(=O)c1sc3cccc(C(F)(F)F)c3c1Cl)C2. The van der Waals surface area contributed by atoms with Crippen LogP contribution >= 0.6 is 22.9 Å². The van der Waals surface area contributed by atoms with Gasteiger partial charge in [0.05, 0.1) is 10.6 Å². The molecule has 1 spiro atoms. The number of carbonyl (C=O) groups is 2. The first-order chi connectivity index (χ1) is 11.7.